The van der Waals surface area contributed by atoms with Crippen LogP contribution in [0.2, 0.25) is 0 Å². The maximum atomic E-state index is 12.3. The molecule has 0 aliphatic heterocycles. The number of carbonyl (C=O) groups is 3. The van der Waals surface area contributed by atoms with Gasteiger partial charge >= 0.3 is 12.1 Å². The molecule has 0 saturated heterocycles. The summed E-state index contributed by atoms with van der Waals surface area (Å²) in [6.45, 7) is 1.39. The molecule has 3 amide bonds. The van der Waals surface area contributed by atoms with Gasteiger partial charge in [-0.25, -0.2) is 0 Å². The highest BCUT2D eigenvalue weighted by Crippen LogP contribution is 2.19. The van der Waals surface area contributed by atoms with Crippen LogP contribution < -0.4 is 16.0 Å². The molecule has 27 heavy (non-hydrogen) atoms. The zero-order valence-electron chi connectivity index (χ0n) is 14.2. The Labute approximate surface area is 152 Å². The first-order chi connectivity index (χ1) is 12.6. The lowest BCUT2D eigenvalue weighted by atomic mass is 10.1. The number of amides is 3. The quantitative estimate of drug-likeness (QED) is 0.746. The number of hydrogen-bond donors (Lipinski definition) is 3. The van der Waals surface area contributed by atoms with E-state index in [1.54, 1.807) is 29.6 Å². The van der Waals surface area contributed by atoms with Crippen molar-refractivity contribution in [2.24, 2.45) is 0 Å². The maximum Gasteiger partial charge on any atom is 0.471 e. The van der Waals surface area contributed by atoms with Crippen LogP contribution >= 0.6 is 0 Å². The van der Waals surface area contributed by atoms with Gasteiger partial charge in [0.15, 0.2) is 0 Å². The summed E-state index contributed by atoms with van der Waals surface area (Å²) in [5.74, 6) is -2.77. The predicted octanol–water partition coefficient (Wildman–Crippen LogP) is 3.08. The average Bonchev–Trinajstić information content (AvgIpc) is 2.59. The van der Waals surface area contributed by atoms with Crippen LogP contribution in [0.4, 0.5) is 24.5 Å². The number of hydrogen-bond acceptors (Lipinski definition) is 3. The van der Waals surface area contributed by atoms with Crippen molar-refractivity contribution < 1.29 is 27.6 Å². The molecule has 0 spiro atoms. The first-order valence-electron chi connectivity index (χ1n) is 7.78. The SMILES string of the molecule is CC(=O)Nc1cccc(C(=O)NCc2cccc(NC(=O)C(F)(F)F)c2)c1. The van der Waals surface area contributed by atoms with Crippen molar-refractivity contribution in [2.75, 3.05) is 10.6 Å². The number of halogens is 3. The predicted molar refractivity (Wildman–Crippen MR) is 93.0 cm³/mol. The van der Waals surface area contributed by atoms with Crippen molar-refractivity contribution in [3.8, 4) is 0 Å². The second kappa shape index (κ2) is 8.35. The highest BCUT2D eigenvalue weighted by atomic mass is 19.4. The molecule has 0 saturated carbocycles. The van der Waals surface area contributed by atoms with Crippen molar-refractivity contribution in [2.45, 2.75) is 19.6 Å². The molecule has 0 aromatic heterocycles. The first kappa shape index (κ1) is 20.0. The van der Waals surface area contributed by atoms with E-state index in [4.69, 9.17) is 0 Å². The molecule has 0 radical (unpaired) electrons. The molecular weight excluding hydrogens is 363 g/mol. The molecule has 0 heterocycles. The lowest BCUT2D eigenvalue weighted by Crippen LogP contribution is -2.30. The number of alkyl halides is 3. The summed E-state index contributed by atoms with van der Waals surface area (Å²) in [5, 5.41) is 6.93. The lowest BCUT2D eigenvalue weighted by molar-refractivity contribution is -0.167. The molecule has 0 aliphatic rings. The molecule has 0 bridgehead atoms. The van der Waals surface area contributed by atoms with Crippen LogP contribution in [0.15, 0.2) is 48.5 Å². The minimum atomic E-state index is -4.98. The van der Waals surface area contributed by atoms with Crippen LogP contribution in [-0.4, -0.2) is 23.9 Å². The number of rotatable bonds is 5. The summed E-state index contributed by atoms with van der Waals surface area (Å²) in [7, 11) is 0. The minimum absolute atomic E-state index is 0.0308. The van der Waals surface area contributed by atoms with Gasteiger partial charge in [0.05, 0.1) is 0 Å². The van der Waals surface area contributed by atoms with Gasteiger partial charge in [-0.2, -0.15) is 13.2 Å². The molecule has 142 valence electrons. The topological polar surface area (TPSA) is 87.3 Å². The summed E-state index contributed by atoms with van der Waals surface area (Å²) < 4.78 is 36.9. The summed E-state index contributed by atoms with van der Waals surface area (Å²) >= 11 is 0. The average molecular weight is 379 g/mol. The van der Waals surface area contributed by atoms with E-state index in [1.807, 2.05) is 0 Å². The molecule has 6 nitrogen and oxygen atoms in total. The Hall–Kier alpha value is -3.36. The van der Waals surface area contributed by atoms with E-state index < -0.39 is 18.0 Å². The fourth-order valence-electron chi connectivity index (χ4n) is 2.19. The van der Waals surface area contributed by atoms with Gasteiger partial charge in [0.2, 0.25) is 5.91 Å². The summed E-state index contributed by atoms with van der Waals surface area (Å²) in [5.41, 5.74) is 1.24. The number of benzene rings is 2. The van der Waals surface area contributed by atoms with Gasteiger partial charge in [0.25, 0.3) is 5.91 Å². The van der Waals surface area contributed by atoms with Gasteiger partial charge in [-0.05, 0) is 35.9 Å². The smallest absolute Gasteiger partial charge is 0.348 e. The Balaban J connectivity index is 2.00. The molecule has 0 aliphatic carbocycles. The maximum absolute atomic E-state index is 12.3. The molecule has 0 unspecified atom stereocenters. The zero-order valence-corrected chi connectivity index (χ0v) is 14.2. The monoisotopic (exact) mass is 379 g/mol. The van der Waals surface area contributed by atoms with Gasteiger partial charge in [-0.15, -0.1) is 0 Å². The van der Waals surface area contributed by atoms with Crippen LogP contribution in [0.25, 0.3) is 0 Å². The van der Waals surface area contributed by atoms with Crippen molar-refractivity contribution in [3.05, 3.63) is 59.7 Å². The third-order valence-corrected chi connectivity index (χ3v) is 3.34. The fourth-order valence-corrected chi connectivity index (χ4v) is 2.19. The standard InChI is InChI=1S/C18H16F3N3O3/c1-11(25)23-15-7-3-5-13(9-15)16(26)22-10-12-4-2-6-14(8-12)24-17(27)18(19,20)21/h2-9H,10H2,1H3,(H,22,26)(H,23,25)(H,24,27). The fraction of sp³-hybridized carbons (Fsp3) is 0.167. The highest BCUT2D eigenvalue weighted by Gasteiger charge is 2.38. The lowest BCUT2D eigenvalue weighted by Gasteiger charge is -2.10. The number of nitrogens with one attached hydrogen (secondary N) is 3. The minimum Gasteiger partial charge on any atom is -0.348 e. The largest absolute Gasteiger partial charge is 0.471 e. The van der Waals surface area contributed by atoms with E-state index in [1.165, 1.54) is 31.2 Å². The van der Waals surface area contributed by atoms with E-state index in [9.17, 15) is 27.6 Å². The molecule has 0 fully saturated rings. The van der Waals surface area contributed by atoms with Crippen LogP contribution in [0.5, 0.6) is 0 Å². The van der Waals surface area contributed by atoms with Crippen molar-refractivity contribution in [3.63, 3.8) is 0 Å². The van der Waals surface area contributed by atoms with Gasteiger partial charge < -0.3 is 16.0 Å². The van der Waals surface area contributed by atoms with E-state index >= 15 is 0 Å². The molecule has 9 heteroatoms. The van der Waals surface area contributed by atoms with Crippen LogP contribution in [0.1, 0.15) is 22.8 Å². The Kier molecular flexibility index (Phi) is 6.17. The van der Waals surface area contributed by atoms with Crippen molar-refractivity contribution in [1.29, 1.82) is 0 Å². The van der Waals surface area contributed by atoms with Gasteiger partial charge in [0.1, 0.15) is 0 Å². The Bertz CT molecular complexity index is 866. The molecule has 2 aromatic carbocycles. The Morgan fingerprint density at radius 3 is 2.19 bits per heavy atom. The van der Waals surface area contributed by atoms with Gasteiger partial charge in [-0.3, -0.25) is 14.4 Å². The van der Waals surface area contributed by atoms with Crippen LogP contribution in [0.3, 0.4) is 0 Å². The molecule has 3 N–H and O–H groups in total. The van der Waals surface area contributed by atoms with Crippen LogP contribution in [-0.2, 0) is 16.1 Å². The van der Waals surface area contributed by atoms with Crippen molar-refractivity contribution in [1.82, 2.24) is 5.32 Å². The van der Waals surface area contributed by atoms with Gasteiger partial charge in [0, 0.05) is 30.4 Å². The zero-order chi connectivity index (χ0) is 20.0. The molecule has 2 rings (SSSR count). The van der Waals surface area contributed by atoms with E-state index in [0.29, 0.717) is 16.8 Å². The summed E-state index contributed by atoms with van der Waals surface area (Å²) in [6, 6.07) is 12.0. The van der Waals surface area contributed by atoms with E-state index in [2.05, 4.69) is 10.6 Å². The van der Waals surface area contributed by atoms with E-state index in [-0.39, 0.29) is 18.1 Å². The van der Waals surface area contributed by atoms with Crippen LogP contribution in [0, 0.1) is 0 Å². The van der Waals surface area contributed by atoms with E-state index in [0.717, 1.165) is 0 Å². The second-order valence-corrected chi connectivity index (χ2v) is 5.60. The number of carbonyl (C=O) groups excluding carboxylic acids is 3. The normalized spacial score (nSPS) is 10.8. The molecule has 2 aromatic rings. The van der Waals surface area contributed by atoms with Gasteiger partial charge in [-0.1, -0.05) is 18.2 Å². The molecule has 0 atom stereocenters. The summed E-state index contributed by atoms with van der Waals surface area (Å²) in [6.07, 6.45) is -4.98. The third kappa shape index (κ3) is 6.14. The number of anilines is 2. The highest BCUT2D eigenvalue weighted by molar-refractivity contribution is 5.97. The Morgan fingerprint density at radius 2 is 1.56 bits per heavy atom. The second-order valence-electron chi connectivity index (χ2n) is 5.60. The van der Waals surface area contributed by atoms with Crippen molar-refractivity contribution >= 4 is 29.1 Å². The third-order valence-electron chi connectivity index (χ3n) is 3.34. The summed E-state index contributed by atoms with van der Waals surface area (Å²) in [4.78, 5) is 34.2. The first-order valence-corrected chi connectivity index (χ1v) is 7.78. The Morgan fingerprint density at radius 1 is 0.926 bits per heavy atom. The molecular formula is C18H16F3N3O3.